The summed E-state index contributed by atoms with van der Waals surface area (Å²) in [6, 6.07) is 0. The van der Waals surface area contributed by atoms with E-state index in [9.17, 15) is 0 Å². The van der Waals surface area contributed by atoms with Crippen molar-refractivity contribution < 1.29 is 36.2 Å². The van der Waals surface area contributed by atoms with Crippen LogP contribution < -0.4 is 0 Å². The van der Waals surface area contributed by atoms with Crippen molar-refractivity contribution in [3.63, 3.8) is 0 Å². The van der Waals surface area contributed by atoms with Crippen LogP contribution in [0.25, 0.3) is 0 Å². The van der Waals surface area contributed by atoms with Crippen LogP contribution in [0.15, 0.2) is 0 Å². The van der Waals surface area contributed by atoms with E-state index in [-0.39, 0.29) is 0 Å². The first-order valence-corrected chi connectivity index (χ1v) is 10.7. The van der Waals surface area contributed by atoms with Gasteiger partial charge >= 0.3 is 31.1 Å². The molecule has 0 aliphatic heterocycles. The molecule has 0 aromatic carbocycles. The number of rotatable bonds is 11. The van der Waals surface area contributed by atoms with Crippen molar-refractivity contribution >= 4 is 0 Å². The minimum absolute atomic E-state index is 0.372. The van der Waals surface area contributed by atoms with Gasteiger partial charge in [-0.3, -0.25) is 0 Å². The monoisotopic (exact) mass is 364 g/mol. The van der Waals surface area contributed by atoms with E-state index in [0.29, 0.717) is 6.61 Å². The summed E-state index contributed by atoms with van der Waals surface area (Å²) in [6.45, 7) is 2.64. The zero-order valence-electron chi connectivity index (χ0n) is 12.1. The first-order chi connectivity index (χ1) is 8.91. The van der Waals surface area contributed by atoms with Gasteiger partial charge < -0.3 is 5.11 Å². The molecule has 0 aliphatic rings. The number of aliphatic hydroxyl groups excluding tert-OH is 1. The molecule has 0 atom stereocenters. The standard InChI is InChI=1S/C13H28O.Mo.2H2O.2O/c1-2-3-4-5-6-7-8-9-10-11-12-13-14;;;;;/h14H,2-13H2,1H3;;2*1H2;;/q;+2;;;;/p-2. The fourth-order valence-corrected chi connectivity index (χ4v) is 1.78. The van der Waals surface area contributed by atoms with Crippen molar-refractivity contribution in [3.05, 3.63) is 0 Å². The molecule has 5 nitrogen and oxygen atoms in total. The average Bonchev–Trinajstić information content (AvgIpc) is 2.29. The Hall–Kier alpha value is 0.168. The topological polar surface area (TPSA) is 94.8 Å². The molecule has 19 heavy (non-hydrogen) atoms. The van der Waals surface area contributed by atoms with Crippen LogP contribution in [0.5, 0.6) is 0 Å². The molecule has 0 bridgehead atoms. The van der Waals surface area contributed by atoms with Gasteiger partial charge in [0.1, 0.15) is 0 Å². The Morgan fingerprint density at radius 1 is 0.684 bits per heavy atom. The molecule has 0 aromatic rings. The molecule has 0 unspecified atom stereocenters. The van der Waals surface area contributed by atoms with E-state index in [4.69, 9.17) is 19.4 Å². The van der Waals surface area contributed by atoms with Crippen molar-refractivity contribution in [1.82, 2.24) is 0 Å². The average molecular weight is 362 g/mol. The molecule has 0 saturated carbocycles. The first-order valence-electron chi connectivity index (χ1n) is 7.22. The van der Waals surface area contributed by atoms with Gasteiger partial charge in [0.05, 0.1) is 0 Å². The van der Waals surface area contributed by atoms with Gasteiger partial charge in [-0.1, -0.05) is 71.1 Å². The van der Waals surface area contributed by atoms with Crippen molar-refractivity contribution in [2.75, 3.05) is 6.61 Å². The third kappa shape index (κ3) is 38.1. The summed E-state index contributed by atoms with van der Waals surface area (Å²) in [6.07, 6.45) is 14.8. The third-order valence-corrected chi connectivity index (χ3v) is 2.76. The van der Waals surface area contributed by atoms with E-state index in [2.05, 4.69) is 6.92 Å². The molecule has 0 fully saturated rings. The van der Waals surface area contributed by atoms with Crippen LogP contribution in [-0.2, 0) is 23.5 Å². The van der Waals surface area contributed by atoms with E-state index in [1.54, 1.807) is 0 Å². The van der Waals surface area contributed by atoms with Crippen LogP contribution >= 0.6 is 0 Å². The minimum atomic E-state index is -5.52. The fourth-order valence-electron chi connectivity index (χ4n) is 1.78. The Morgan fingerprint density at radius 3 is 1.21 bits per heavy atom. The molecular weight excluding hydrogens is 332 g/mol. The van der Waals surface area contributed by atoms with Crippen LogP contribution in [0.2, 0.25) is 0 Å². The Bertz CT molecular complexity index is 232. The summed E-state index contributed by atoms with van der Waals surface area (Å²) < 4.78 is 32.0. The molecule has 118 valence electrons. The molecule has 0 amide bonds. The van der Waals surface area contributed by atoms with Crippen molar-refractivity contribution in [2.24, 2.45) is 0 Å². The molecule has 3 N–H and O–H groups in total. The quantitative estimate of drug-likeness (QED) is 0.388. The van der Waals surface area contributed by atoms with Crippen molar-refractivity contribution in [3.8, 4) is 0 Å². The van der Waals surface area contributed by atoms with Gasteiger partial charge in [0.15, 0.2) is 0 Å². The second-order valence-corrected chi connectivity index (χ2v) is 6.91. The molecule has 0 aromatic heterocycles. The van der Waals surface area contributed by atoms with Crippen LogP contribution in [0.3, 0.4) is 0 Å². The maximum atomic E-state index is 8.85. The van der Waals surface area contributed by atoms with Gasteiger partial charge in [-0.15, -0.1) is 0 Å². The fraction of sp³-hybridized carbons (Fsp3) is 1.00. The van der Waals surface area contributed by atoms with Gasteiger partial charge in [0.2, 0.25) is 0 Å². The number of hydrogen-bond donors (Lipinski definition) is 3. The summed E-state index contributed by atoms with van der Waals surface area (Å²) in [4.78, 5) is 0. The molecular formula is C13H30MoO5. The summed E-state index contributed by atoms with van der Waals surface area (Å²) in [5.74, 6) is 0. The van der Waals surface area contributed by atoms with Crippen LogP contribution in [0, 0.1) is 0 Å². The van der Waals surface area contributed by atoms with Gasteiger partial charge in [-0.2, -0.15) is 0 Å². The molecule has 6 heteroatoms. The Balaban J connectivity index is 0. The zero-order chi connectivity index (χ0) is 15.0. The maximum absolute atomic E-state index is 8.85. The number of unbranched alkanes of at least 4 members (excludes halogenated alkanes) is 10. The van der Waals surface area contributed by atoms with Crippen molar-refractivity contribution in [1.29, 1.82) is 0 Å². The summed E-state index contributed by atoms with van der Waals surface area (Å²) in [7, 11) is 0. The van der Waals surface area contributed by atoms with Gasteiger partial charge in [0.25, 0.3) is 0 Å². The van der Waals surface area contributed by atoms with E-state index in [1.165, 1.54) is 64.2 Å². The zero-order valence-corrected chi connectivity index (χ0v) is 14.1. The SMILES string of the molecule is CCCCCCCCCCCCCO.[O]=[Mo](=[O])([OH])[OH]. The van der Waals surface area contributed by atoms with E-state index in [1.807, 2.05) is 0 Å². The van der Waals surface area contributed by atoms with Crippen LogP contribution in [-0.4, -0.2) is 19.2 Å². The molecule has 0 aliphatic carbocycles. The summed E-state index contributed by atoms with van der Waals surface area (Å²) in [5.41, 5.74) is 0. The number of hydrogen-bond acceptors (Lipinski definition) is 3. The van der Waals surface area contributed by atoms with Crippen LogP contribution in [0.1, 0.15) is 77.6 Å². The summed E-state index contributed by atoms with van der Waals surface area (Å²) in [5, 5.41) is 8.59. The van der Waals surface area contributed by atoms with Crippen LogP contribution in [0.4, 0.5) is 0 Å². The third-order valence-electron chi connectivity index (χ3n) is 2.76. The molecule has 0 rings (SSSR count). The normalized spacial score (nSPS) is 10.9. The first kappa shape index (κ1) is 21.5. The predicted molar refractivity (Wildman–Crippen MR) is 69.4 cm³/mol. The number of aliphatic hydroxyl groups is 1. The molecule has 0 spiro atoms. The predicted octanol–water partition coefficient (Wildman–Crippen LogP) is 2.94. The van der Waals surface area contributed by atoms with E-state index in [0.717, 1.165) is 6.42 Å². The summed E-state index contributed by atoms with van der Waals surface area (Å²) >= 11 is -5.52. The van der Waals surface area contributed by atoms with Crippen molar-refractivity contribution in [2.45, 2.75) is 77.6 Å². The Morgan fingerprint density at radius 2 is 0.947 bits per heavy atom. The second-order valence-electron chi connectivity index (χ2n) is 4.71. The van der Waals surface area contributed by atoms with E-state index < -0.39 is 16.7 Å². The Kier molecular flexibility index (Phi) is 18.3. The molecule has 0 radical (unpaired) electrons. The molecule has 0 saturated heterocycles. The van der Waals surface area contributed by atoms with Gasteiger partial charge in [-0.05, 0) is 6.42 Å². The second kappa shape index (κ2) is 16.2. The van der Waals surface area contributed by atoms with Gasteiger partial charge in [0, 0.05) is 6.61 Å². The molecule has 0 heterocycles. The Labute approximate surface area is 120 Å². The van der Waals surface area contributed by atoms with Gasteiger partial charge in [-0.25, -0.2) is 0 Å². The van der Waals surface area contributed by atoms with E-state index >= 15 is 0 Å².